The van der Waals surface area contributed by atoms with Crippen LogP contribution in [0.5, 0.6) is 5.88 Å². The van der Waals surface area contributed by atoms with Gasteiger partial charge in [-0.2, -0.15) is 0 Å². The van der Waals surface area contributed by atoms with E-state index in [0.717, 1.165) is 17.7 Å². The highest BCUT2D eigenvalue weighted by molar-refractivity contribution is 5.47. The van der Waals surface area contributed by atoms with Crippen molar-refractivity contribution in [3.63, 3.8) is 0 Å². The van der Waals surface area contributed by atoms with Gasteiger partial charge in [0.1, 0.15) is 0 Å². The van der Waals surface area contributed by atoms with E-state index in [9.17, 15) is 0 Å². The van der Waals surface area contributed by atoms with Crippen molar-refractivity contribution in [3.8, 4) is 5.88 Å². The molecule has 0 amide bonds. The summed E-state index contributed by atoms with van der Waals surface area (Å²) in [5.41, 5.74) is 7.50. The van der Waals surface area contributed by atoms with Gasteiger partial charge in [-0.1, -0.05) is 6.92 Å². The molecule has 0 atom stereocenters. The van der Waals surface area contributed by atoms with E-state index in [-0.39, 0.29) is 0 Å². The molecule has 1 aromatic heterocycles. The van der Waals surface area contributed by atoms with Crippen molar-refractivity contribution in [1.82, 2.24) is 4.98 Å². The lowest BCUT2D eigenvalue weighted by atomic mass is 10.2. The fourth-order valence-electron chi connectivity index (χ4n) is 0.886. The molecule has 0 saturated carbocycles. The van der Waals surface area contributed by atoms with E-state index in [4.69, 9.17) is 10.5 Å². The maximum absolute atomic E-state index is 5.69. The van der Waals surface area contributed by atoms with Crippen molar-refractivity contribution in [1.29, 1.82) is 0 Å². The number of pyridine rings is 1. The van der Waals surface area contributed by atoms with Crippen molar-refractivity contribution >= 4 is 5.69 Å². The summed E-state index contributed by atoms with van der Waals surface area (Å²) in [6, 6.07) is 1.73. The first-order chi connectivity index (χ1) is 5.27. The van der Waals surface area contributed by atoms with Gasteiger partial charge < -0.3 is 10.5 Å². The van der Waals surface area contributed by atoms with Crippen LogP contribution in [0.15, 0.2) is 12.3 Å². The number of rotatable bonds is 2. The topological polar surface area (TPSA) is 48.1 Å². The third kappa shape index (κ3) is 1.61. The largest absolute Gasteiger partial charge is 0.481 e. The van der Waals surface area contributed by atoms with Crippen molar-refractivity contribution < 1.29 is 4.74 Å². The quantitative estimate of drug-likeness (QED) is 0.693. The van der Waals surface area contributed by atoms with Gasteiger partial charge >= 0.3 is 0 Å². The highest BCUT2D eigenvalue weighted by Crippen LogP contribution is 2.16. The molecule has 1 heterocycles. The van der Waals surface area contributed by atoms with E-state index in [1.54, 1.807) is 19.4 Å². The molecule has 0 aliphatic heterocycles. The van der Waals surface area contributed by atoms with Crippen LogP contribution in [0.1, 0.15) is 12.5 Å². The molecule has 0 saturated heterocycles. The van der Waals surface area contributed by atoms with Crippen LogP contribution >= 0.6 is 0 Å². The second kappa shape index (κ2) is 3.23. The number of anilines is 1. The molecule has 3 heteroatoms. The zero-order valence-electron chi connectivity index (χ0n) is 6.79. The number of hydrogen-bond donors (Lipinski definition) is 1. The Morgan fingerprint density at radius 1 is 1.64 bits per heavy atom. The number of hydrogen-bond acceptors (Lipinski definition) is 3. The average molecular weight is 152 g/mol. The summed E-state index contributed by atoms with van der Waals surface area (Å²) in [5.74, 6) is 0.569. The molecule has 0 radical (unpaired) electrons. The number of ether oxygens (including phenoxy) is 1. The molecule has 1 aromatic rings. The summed E-state index contributed by atoms with van der Waals surface area (Å²) in [6.45, 7) is 2.04. The van der Waals surface area contributed by atoms with Gasteiger partial charge in [-0.3, -0.25) is 0 Å². The Morgan fingerprint density at radius 3 is 2.82 bits per heavy atom. The van der Waals surface area contributed by atoms with Crippen LogP contribution < -0.4 is 10.5 Å². The number of aromatic nitrogens is 1. The molecule has 3 nitrogen and oxygen atoms in total. The molecule has 60 valence electrons. The van der Waals surface area contributed by atoms with Gasteiger partial charge in [0.2, 0.25) is 5.88 Å². The smallest absolute Gasteiger partial charge is 0.214 e. The molecular weight excluding hydrogens is 140 g/mol. The van der Waals surface area contributed by atoms with E-state index in [0.29, 0.717) is 5.88 Å². The highest BCUT2D eigenvalue weighted by atomic mass is 16.5. The molecule has 0 spiro atoms. The second-order valence-corrected chi connectivity index (χ2v) is 2.28. The van der Waals surface area contributed by atoms with Gasteiger partial charge in [0.05, 0.1) is 7.11 Å². The first kappa shape index (κ1) is 7.85. The zero-order valence-corrected chi connectivity index (χ0v) is 6.79. The van der Waals surface area contributed by atoms with Crippen molar-refractivity contribution in [2.75, 3.05) is 12.8 Å². The molecule has 0 aromatic carbocycles. The molecule has 0 unspecified atom stereocenters. The van der Waals surface area contributed by atoms with Crippen molar-refractivity contribution in [3.05, 3.63) is 17.8 Å². The third-order valence-corrected chi connectivity index (χ3v) is 1.59. The Bertz CT molecular complexity index is 248. The van der Waals surface area contributed by atoms with Gasteiger partial charge in [0, 0.05) is 18.0 Å². The normalized spacial score (nSPS) is 9.64. The van der Waals surface area contributed by atoms with E-state index in [1.807, 2.05) is 6.92 Å². The van der Waals surface area contributed by atoms with Crippen molar-refractivity contribution in [2.45, 2.75) is 13.3 Å². The second-order valence-electron chi connectivity index (χ2n) is 2.28. The molecule has 1 rings (SSSR count). The maximum Gasteiger partial charge on any atom is 0.214 e. The summed E-state index contributed by atoms with van der Waals surface area (Å²) >= 11 is 0. The van der Waals surface area contributed by atoms with Crippen LogP contribution in [0, 0.1) is 0 Å². The van der Waals surface area contributed by atoms with Crippen LogP contribution in [-0.4, -0.2) is 12.1 Å². The molecule has 0 aliphatic rings. The van der Waals surface area contributed by atoms with Crippen LogP contribution in [0.4, 0.5) is 5.69 Å². The van der Waals surface area contributed by atoms with E-state index >= 15 is 0 Å². The standard InChI is InChI=1S/C8H12N2O/c1-3-6-5-10-8(11-2)4-7(6)9/h4-5H,3H2,1-2H3,(H2,9,10). The lowest BCUT2D eigenvalue weighted by Gasteiger charge is -2.03. The van der Waals surface area contributed by atoms with E-state index < -0.39 is 0 Å². The summed E-state index contributed by atoms with van der Waals surface area (Å²) in [4.78, 5) is 4.03. The third-order valence-electron chi connectivity index (χ3n) is 1.59. The van der Waals surface area contributed by atoms with Gasteiger partial charge in [-0.05, 0) is 12.0 Å². The Balaban J connectivity index is 2.99. The SMILES string of the molecule is CCc1cnc(OC)cc1N. The van der Waals surface area contributed by atoms with Crippen LogP contribution in [-0.2, 0) is 6.42 Å². The minimum Gasteiger partial charge on any atom is -0.481 e. The fraction of sp³-hybridized carbons (Fsp3) is 0.375. The summed E-state index contributed by atoms with van der Waals surface area (Å²) < 4.78 is 4.90. The first-order valence-electron chi connectivity index (χ1n) is 3.56. The molecule has 0 fully saturated rings. The first-order valence-corrected chi connectivity index (χ1v) is 3.56. The van der Waals surface area contributed by atoms with Gasteiger partial charge in [0.15, 0.2) is 0 Å². The molecule has 11 heavy (non-hydrogen) atoms. The number of nitrogen functional groups attached to an aromatic ring is 1. The maximum atomic E-state index is 5.69. The van der Waals surface area contributed by atoms with E-state index in [2.05, 4.69) is 4.98 Å². The van der Waals surface area contributed by atoms with Crippen LogP contribution in [0.2, 0.25) is 0 Å². The monoisotopic (exact) mass is 152 g/mol. The molecular formula is C8H12N2O. The van der Waals surface area contributed by atoms with Crippen molar-refractivity contribution in [2.24, 2.45) is 0 Å². The Labute approximate surface area is 66.2 Å². The van der Waals surface area contributed by atoms with Crippen LogP contribution in [0.3, 0.4) is 0 Å². The zero-order chi connectivity index (χ0) is 8.27. The van der Waals surface area contributed by atoms with Gasteiger partial charge in [0.25, 0.3) is 0 Å². The summed E-state index contributed by atoms with van der Waals surface area (Å²) in [7, 11) is 1.58. The predicted molar refractivity (Wildman–Crippen MR) is 44.6 cm³/mol. The summed E-state index contributed by atoms with van der Waals surface area (Å²) in [5, 5.41) is 0. The minimum absolute atomic E-state index is 0.569. The molecule has 2 N–H and O–H groups in total. The average Bonchev–Trinajstić information content (AvgIpc) is 2.04. The van der Waals surface area contributed by atoms with E-state index in [1.165, 1.54) is 0 Å². The predicted octanol–water partition coefficient (Wildman–Crippen LogP) is 1.23. The van der Waals surface area contributed by atoms with Gasteiger partial charge in [-0.15, -0.1) is 0 Å². The lowest BCUT2D eigenvalue weighted by molar-refractivity contribution is 0.398. The highest BCUT2D eigenvalue weighted by Gasteiger charge is 1.98. The number of aryl methyl sites for hydroxylation is 1. The number of nitrogens with zero attached hydrogens (tertiary/aromatic N) is 1. The fourth-order valence-corrected chi connectivity index (χ4v) is 0.886. The Morgan fingerprint density at radius 2 is 2.36 bits per heavy atom. The summed E-state index contributed by atoms with van der Waals surface area (Å²) in [6.07, 6.45) is 2.65. The Kier molecular flexibility index (Phi) is 2.31. The lowest BCUT2D eigenvalue weighted by Crippen LogP contribution is -1.96. The van der Waals surface area contributed by atoms with Crippen LogP contribution in [0.25, 0.3) is 0 Å². The molecule has 0 aliphatic carbocycles. The Hall–Kier alpha value is -1.25. The number of nitrogens with two attached hydrogens (primary N) is 1. The van der Waals surface area contributed by atoms with Gasteiger partial charge in [-0.25, -0.2) is 4.98 Å². The number of methoxy groups -OCH3 is 1. The molecule has 0 bridgehead atoms. The minimum atomic E-state index is 0.569.